The van der Waals surface area contributed by atoms with E-state index in [-0.39, 0.29) is 11.4 Å². The zero-order chi connectivity index (χ0) is 10.2. The van der Waals surface area contributed by atoms with Gasteiger partial charge in [0.25, 0.3) is 0 Å². The highest BCUT2D eigenvalue weighted by Gasteiger charge is 2.37. The minimum atomic E-state index is 0.0533. The van der Waals surface area contributed by atoms with Gasteiger partial charge in [-0.1, -0.05) is 13.8 Å². The Labute approximate surface area is 81.3 Å². The smallest absolute Gasteiger partial charge is 0.219 e. The van der Waals surface area contributed by atoms with Crippen LogP contribution in [0.2, 0.25) is 0 Å². The number of carbonyl (C=O) groups is 1. The van der Waals surface area contributed by atoms with Crippen molar-refractivity contribution in [3.8, 4) is 0 Å². The molecule has 1 heterocycles. The first-order valence-electron chi connectivity index (χ1n) is 5.13. The molecule has 0 N–H and O–H groups in total. The van der Waals surface area contributed by atoms with Gasteiger partial charge >= 0.3 is 0 Å². The number of rotatable bonds is 0. The second-order valence-electron chi connectivity index (χ2n) is 5.10. The molecule has 0 bridgehead atoms. The molecule has 0 aromatic carbocycles. The van der Waals surface area contributed by atoms with Gasteiger partial charge in [0.2, 0.25) is 5.91 Å². The summed E-state index contributed by atoms with van der Waals surface area (Å²) in [6, 6.07) is 0. The Morgan fingerprint density at radius 2 is 1.85 bits per heavy atom. The van der Waals surface area contributed by atoms with Crippen LogP contribution in [0, 0.1) is 11.8 Å². The molecule has 1 fully saturated rings. The van der Waals surface area contributed by atoms with E-state index in [0.29, 0.717) is 5.92 Å². The molecule has 0 aromatic heterocycles. The Hall–Kier alpha value is -0.530. The third kappa shape index (κ3) is 2.04. The quantitative estimate of drug-likeness (QED) is 0.564. The minimum Gasteiger partial charge on any atom is -0.338 e. The van der Waals surface area contributed by atoms with Crippen LogP contribution in [0.4, 0.5) is 0 Å². The molecular weight excluding hydrogens is 162 g/mol. The molecule has 0 saturated carbocycles. The lowest BCUT2D eigenvalue weighted by Gasteiger charge is -2.47. The van der Waals surface area contributed by atoms with Crippen LogP contribution in [0.5, 0.6) is 0 Å². The first-order chi connectivity index (χ1) is 5.84. The molecule has 0 radical (unpaired) electrons. The Morgan fingerprint density at radius 1 is 1.31 bits per heavy atom. The second-order valence-corrected chi connectivity index (χ2v) is 5.10. The van der Waals surface area contributed by atoms with E-state index < -0.39 is 0 Å². The number of hydrogen-bond donors (Lipinski definition) is 0. The summed E-state index contributed by atoms with van der Waals surface area (Å²) in [4.78, 5) is 13.4. The van der Waals surface area contributed by atoms with Gasteiger partial charge in [-0.25, -0.2) is 0 Å². The van der Waals surface area contributed by atoms with Crippen molar-refractivity contribution in [2.24, 2.45) is 11.8 Å². The highest BCUT2D eigenvalue weighted by atomic mass is 16.2. The Balaban J connectivity index is 2.79. The standard InChI is InChI=1S/C11H21NO/c1-8-6-11(4,5)12(10(3)13)7-9(8)2/h8-9H,6-7H2,1-5H3. The van der Waals surface area contributed by atoms with E-state index in [1.165, 1.54) is 0 Å². The van der Waals surface area contributed by atoms with E-state index in [4.69, 9.17) is 0 Å². The van der Waals surface area contributed by atoms with Crippen LogP contribution in [-0.2, 0) is 4.79 Å². The van der Waals surface area contributed by atoms with E-state index >= 15 is 0 Å². The van der Waals surface area contributed by atoms with E-state index in [1.54, 1.807) is 6.92 Å². The molecule has 76 valence electrons. The van der Waals surface area contributed by atoms with Crippen LogP contribution in [0.15, 0.2) is 0 Å². The molecule has 2 nitrogen and oxygen atoms in total. The molecule has 0 aromatic rings. The van der Waals surface area contributed by atoms with Crippen molar-refractivity contribution in [2.75, 3.05) is 6.54 Å². The fourth-order valence-electron chi connectivity index (χ4n) is 2.37. The third-order valence-corrected chi connectivity index (χ3v) is 3.37. The summed E-state index contributed by atoms with van der Waals surface area (Å²) in [7, 11) is 0. The zero-order valence-corrected chi connectivity index (χ0v) is 9.42. The van der Waals surface area contributed by atoms with Crippen LogP contribution >= 0.6 is 0 Å². The topological polar surface area (TPSA) is 20.3 Å². The minimum absolute atomic E-state index is 0.0533. The number of hydrogen-bond acceptors (Lipinski definition) is 1. The van der Waals surface area contributed by atoms with E-state index in [9.17, 15) is 4.79 Å². The van der Waals surface area contributed by atoms with Gasteiger partial charge in [-0.05, 0) is 32.1 Å². The molecule has 2 unspecified atom stereocenters. The van der Waals surface area contributed by atoms with Gasteiger partial charge in [-0.2, -0.15) is 0 Å². The van der Waals surface area contributed by atoms with Crippen LogP contribution in [0.1, 0.15) is 41.0 Å². The summed E-state index contributed by atoms with van der Waals surface area (Å²) in [5.41, 5.74) is 0.0533. The molecule has 2 heteroatoms. The number of nitrogens with zero attached hydrogens (tertiary/aromatic N) is 1. The Morgan fingerprint density at radius 3 is 2.31 bits per heavy atom. The van der Waals surface area contributed by atoms with Crippen molar-refractivity contribution in [1.29, 1.82) is 0 Å². The fraction of sp³-hybridized carbons (Fsp3) is 0.909. The summed E-state index contributed by atoms with van der Waals surface area (Å²) in [6.45, 7) is 11.4. The van der Waals surface area contributed by atoms with Gasteiger partial charge < -0.3 is 4.90 Å². The maximum Gasteiger partial charge on any atom is 0.219 e. The van der Waals surface area contributed by atoms with Gasteiger partial charge in [0, 0.05) is 19.0 Å². The van der Waals surface area contributed by atoms with Crippen LogP contribution in [0.25, 0.3) is 0 Å². The molecule has 13 heavy (non-hydrogen) atoms. The average Bonchev–Trinajstić information content (AvgIpc) is 1.95. The molecule has 1 amide bonds. The number of carbonyl (C=O) groups excluding carboxylic acids is 1. The normalized spacial score (nSPS) is 33.2. The highest BCUT2D eigenvalue weighted by Crippen LogP contribution is 2.34. The zero-order valence-electron chi connectivity index (χ0n) is 9.42. The number of piperidine rings is 1. The molecule has 0 aliphatic carbocycles. The summed E-state index contributed by atoms with van der Waals surface area (Å²) < 4.78 is 0. The SMILES string of the molecule is CC(=O)N1CC(C)C(C)CC1(C)C. The molecule has 2 atom stereocenters. The lowest BCUT2D eigenvalue weighted by molar-refractivity contribution is -0.138. The van der Waals surface area contributed by atoms with Gasteiger partial charge in [0.1, 0.15) is 0 Å². The summed E-state index contributed by atoms with van der Waals surface area (Å²) in [5, 5.41) is 0. The first kappa shape index (κ1) is 10.6. The molecule has 1 aliphatic heterocycles. The van der Waals surface area contributed by atoms with Gasteiger partial charge in [0.15, 0.2) is 0 Å². The monoisotopic (exact) mass is 183 g/mol. The molecule has 1 aliphatic rings. The second kappa shape index (κ2) is 3.32. The van der Waals surface area contributed by atoms with Crippen molar-refractivity contribution >= 4 is 5.91 Å². The van der Waals surface area contributed by atoms with Gasteiger partial charge in [-0.15, -0.1) is 0 Å². The van der Waals surface area contributed by atoms with E-state index in [1.807, 2.05) is 4.90 Å². The Bertz CT molecular complexity index is 210. The number of amides is 1. The van der Waals surface area contributed by atoms with E-state index in [0.717, 1.165) is 18.9 Å². The first-order valence-corrected chi connectivity index (χ1v) is 5.13. The predicted octanol–water partition coefficient (Wildman–Crippen LogP) is 2.29. The van der Waals surface area contributed by atoms with Crippen LogP contribution < -0.4 is 0 Å². The number of likely N-dealkylation sites (tertiary alicyclic amines) is 1. The maximum absolute atomic E-state index is 11.4. The van der Waals surface area contributed by atoms with Crippen molar-refractivity contribution in [1.82, 2.24) is 4.90 Å². The summed E-state index contributed by atoms with van der Waals surface area (Å²) in [5.74, 6) is 1.58. The van der Waals surface area contributed by atoms with Crippen molar-refractivity contribution < 1.29 is 4.79 Å². The van der Waals surface area contributed by atoms with E-state index in [2.05, 4.69) is 27.7 Å². The van der Waals surface area contributed by atoms with Crippen LogP contribution in [0.3, 0.4) is 0 Å². The third-order valence-electron chi connectivity index (χ3n) is 3.37. The molecule has 0 spiro atoms. The van der Waals surface area contributed by atoms with Crippen molar-refractivity contribution in [3.63, 3.8) is 0 Å². The molecular formula is C11H21NO. The maximum atomic E-state index is 11.4. The molecule has 1 saturated heterocycles. The van der Waals surface area contributed by atoms with Crippen molar-refractivity contribution in [3.05, 3.63) is 0 Å². The lowest BCUT2D eigenvalue weighted by atomic mass is 9.78. The predicted molar refractivity (Wildman–Crippen MR) is 54.4 cm³/mol. The van der Waals surface area contributed by atoms with Crippen molar-refractivity contribution in [2.45, 2.75) is 46.6 Å². The fourth-order valence-corrected chi connectivity index (χ4v) is 2.37. The summed E-state index contributed by atoms with van der Waals surface area (Å²) in [6.07, 6.45) is 1.12. The van der Waals surface area contributed by atoms with Gasteiger partial charge in [-0.3, -0.25) is 4.79 Å². The highest BCUT2D eigenvalue weighted by molar-refractivity contribution is 5.74. The average molecular weight is 183 g/mol. The summed E-state index contributed by atoms with van der Waals surface area (Å²) >= 11 is 0. The largest absolute Gasteiger partial charge is 0.338 e. The molecule has 1 rings (SSSR count). The van der Waals surface area contributed by atoms with Crippen LogP contribution in [-0.4, -0.2) is 22.9 Å². The Kier molecular flexibility index (Phi) is 2.69. The lowest BCUT2D eigenvalue weighted by Crippen LogP contribution is -2.54. The van der Waals surface area contributed by atoms with Gasteiger partial charge in [0.05, 0.1) is 0 Å².